The zero-order valence-corrected chi connectivity index (χ0v) is 15.7. The van der Waals surface area contributed by atoms with Crippen LogP contribution < -0.4 is 0 Å². The molecule has 2 aromatic carbocycles. The van der Waals surface area contributed by atoms with Crippen molar-refractivity contribution in [3.8, 4) is 0 Å². The number of sulfone groups is 1. The number of hydrogen-bond acceptors (Lipinski definition) is 2. The molecule has 0 N–H and O–H groups in total. The van der Waals surface area contributed by atoms with Gasteiger partial charge in [0.15, 0.2) is 9.84 Å². The van der Waals surface area contributed by atoms with E-state index in [2.05, 4.69) is 22.6 Å². The van der Waals surface area contributed by atoms with Crippen LogP contribution >= 0.6 is 22.6 Å². The van der Waals surface area contributed by atoms with E-state index in [0.717, 1.165) is 20.3 Å². The molecule has 0 atom stereocenters. The van der Waals surface area contributed by atoms with Crippen molar-refractivity contribution >= 4 is 38.0 Å². The summed E-state index contributed by atoms with van der Waals surface area (Å²) in [6.07, 6.45) is 0.539. The molecule has 0 unspecified atom stereocenters. The highest BCUT2D eigenvalue weighted by Gasteiger charge is 2.15. The van der Waals surface area contributed by atoms with E-state index in [0.29, 0.717) is 11.3 Å². The van der Waals surface area contributed by atoms with Crippen molar-refractivity contribution < 1.29 is 8.42 Å². The van der Waals surface area contributed by atoms with Crippen LogP contribution in [0.15, 0.2) is 63.1 Å². The van der Waals surface area contributed by atoms with E-state index in [1.54, 1.807) is 12.1 Å². The Morgan fingerprint density at radius 3 is 2.18 bits per heavy atom. The first-order valence-electron chi connectivity index (χ1n) is 7.10. The fourth-order valence-corrected chi connectivity index (χ4v) is 4.33. The SMILES string of the molecule is C/C(=C(/I)CCS(=O)(=O)c1ccc(C)cc1)c1ccccc1. The monoisotopic (exact) mass is 426 g/mol. The van der Waals surface area contributed by atoms with Crippen LogP contribution in [0.5, 0.6) is 0 Å². The average molecular weight is 426 g/mol. The molecule has 0 aliphatic rings. The van der Waals surface area contributed by atoms with Crippen LogP contribution in [-0.2, 0) is 9.84 Å². The largest absolute Gasteiger partial charge is 0.224 e. The summed E-state index contributed by atoms with van der Waals surface area (Å²) in [4.78, 5) is 0.402. The Kier molecular flexibility index (Phi) is 5.81. The van der Waals surface area contributed by atoms with Crippen LogP contribution in [0.3, 0.4) is 0 Å². The minimum atomic E-state index is -3.23. The van der Waals surface area contributed by atoms with Gasteiger partial charge in [-0.25, -0.2) is 8.42 Å². The van der Waals surface area contributed by atoms with E-state index in [9.17, 15) is 8.42 Å². The molecular formula is C18H19IO2S. The highest BCUT2D eigenvalue weighted by Crippen LogP contribution is 2.26. The molecule has 22 heavy (non-hydrogen) atoms. The summed E-state index contributed by atoms with van der Waals surface area (Å²) < 4.78 is 25.8. The van der Waals surface area contributed by atoms with Crippen LogP contribution in [0, 0.1) is 6.92 Å². The Morgan fingerprint density at radius 1 is 1.00 bits per heavy atom. The zero-order valence-electron chi connectivity index (χ0n) is 12.7. The van der Waals surface area contributed by atoms with Crippen LogP contribution in [0.4, 0.5) is 0 Å². The lowest BCUT2D eigenvalue weighted by Crippen LogP contribution is -2.07. The van der Waals surface area contributed by atoms with Crippen molar-refractivity contribution in [3.05, 3.63) is 69.3 Å². The number of halogens is 1. The second-order valence-electron chi connectivity index (χ2n) is 5.28. The minimum Gasteiger partial charge on any atom is -0.224 e. The minimum absolute atomic E-state index is 0.137. The summed E-state index contributed by atoms with van der Waals surface area (Å²) in [5.74, 6) is 0.137. The molecule has 4 heteroatoms. The number of rotatable bonds is 5. The molecular weight excluding hydrogens is 407 g/mol. The van der Waals surface area contributed by atoms with Gasteiger partial charge in [0.25, 0.3) is 0 Å². The van der Waals surface area contributed by atoms with E-state index >= 15 is 0 Å². The number of hydrogen-bond donors (Lipinski definition) is 0. The Hall–Kier alpha value is -1.14. The molecule has 0 aliphatic heterocycles. The molecule has 0 saturated heterocycles. The normalized spacial score (nSPS) is 12.9. The van der Waals surface area contributed by atoms with E-state index in [4.69, 9.17) is 0 Å². The lowest BCUT2D eigenvalue weighted by atomic mass is 10.1. The molecule has 0 bridgehead atoms. The maximum Gasteiger partial charge on any atom is 0.178 e. The molecule has 0 saturated carbocycles. The molecule has 0 aliphatic carbocycles. The summed E-state index contributed by atoms with van der Waals surface area (Å²) in [7, 11) is -3.23. The third kappa shape index (κ3) is 4.43. The quantitative estimate of drug-likeness (QED) is 0.629. The maximum atomic E-state index is 12.4. The standard InChI is InChI=1S/C18H19IO2S/c1-14-8-10-17(11-9-14)22(20,21)13-12-18(19)15(2)16-6-4-3-5-7-16/h3-11H,12-13H2,1-2H3/b18-15-. The van der Waals surface area contributed by atoms with Gasteiger partial charge < -0.3 is 0 Å². The predicted molar refractivity (Wildman–Crippen MR) is 101 cm³/mol. The third-order valence-electron chi connectivity index (χ3n) is 3.58. The molecule has 0 heterocycles. The Balaban J connectivity index is 2.13. The fourth-order valence-electron chi connectivity index (χ4n) is 2.12. The number of benzene rings is 2. The van der Waals surface area contributed by atoms with Crippen molar-refractivity contribution in [1.29, 1.82) is 0 Å². The molecule has 2 aromatic rings. The topological polar surface area (TPSA) is 34.1 Å². The molecule has 116 valence electrons. The lowest BCUT2D eigenvalue weighted by Gasteiger charge is -2.08. The lowest BCUT2D eigenvalue weighted by molar-refractivity contribution is 0.595. The Bertz CT molecular complexity index is 760. The first-order chi connectivity index (χ1) is 10.4. The van der Waals surface area contributed by atoms with Gasteiger partial charge in [0, 0.05) is 0 Å². The van der Waals surface area contributed by atoms with Gasteiger partial charge in [-0.05, 0) is 69.7 Å². The van der Waals surface area contributed by atoms with Gasteiger partial charge in [0.1, 0.15) is 0 Å². The molecule has 0 radical (unpaired) electrons. The van der Waals surface area contributed by atoms with Crippen LogP contribution in [0.25, 0.3) is 5.57 Å². The van der Waals surface area contributed by atoms with Gasteiger partial charge in [-0.1, -0.05) is 48.0 Å². The van der Waals surface area contributed by atoms with E-state index < -0.39 is 9.84 Å². The summed E-state index contributed by atoms with van der Waals surface area (Å²) in [6.45, 7) is 3.99. The van der Waals surface area contributed by atoms with Crippen molar-refractivity contribution in [2.45, 2.75) is 25.2 Å². The summed E-state index contributed by atoms with van der Waals surface area (Å²) >= 11 is 2.25. The van der Waals surface area contributed by atoms with Gasteiger partial charge in [0.05, 0.1) is 10.6 Å². The molecule has 2 nitrogen and oxygen atoms in total. The molecule has 0 aromatic heterocycles. The zero-order chi connectivity index (χ0) is 16.2. The number of aryl methyl sites for hydroxylation is 1. The van der Waals surface area contributed by atoms with E-state index in [-0.39, 0.29) is 5.75 Å². The second kappa shape index (κ2) is 7.42. The average Bonchev–Trinajstić information content (AvgIpc) is 2.53. The predicted octanol–water partition coefficient (Wildman–Crippen LogP) is 5.03. The molecule has 0 amide bonds. The third-order valence-corrected chi connectivity index (χ3v) is 6.66. The summed E-state index contributed by atoms with van der Waals surface area (Å²) in [6, 6.07) is 17.1. The highest BCUT2D eigenvalue weighted by molar-refractivity contribution is 14.1. The Labute approximate surface area is 146 Å². The van der Waals surface area contributed by atoms with Crippen molar-refractivity contribution in [1.82, 2.24) is 0 Å². The maximum absolute atomic E-state index is 12.4. The molecule has 0 spiro atoms. The van der Waals surface area contributed by atoms with Gasteiger partial charge in [-0.15, -0.1) is 0 Å². The van der Waals surface area contributed by atoms with Crippen molar-refractivity contribution in [3.63, 3.8) is 0 Å². The van der Waals surface area contributed by atoms with Gasteiger partial charge in [0.2, 0.25) is 0 Å². The van der Waals surface area contributed by atoms with Crippen molar-refractivity contribution in [2.75, 3.05) is 5.75 Å². The van der Waals surface area contributed by atoms with E-state index in [1.807, 2.05) is 56.3 Å². The van der Waals surface area contributed by atoms with Gasteiger partial charge in [-0.3, -0.25) is 0 Å². The number of allylic oxidation sites excluding steroid dienone is 2. The first kappa shape index (κ1) is 17.2. The molecule has 0 fully saturated rings. The van der Waals surface area contributed by atoms with Crippen LogP contribution in [0.1, 0.15) is 24.5 Å². The molecule has 2 rings (SSSR count). The van der Waals surface area contributed by atoms with Crippen LogP contribution in [-0.4, -0.2) is 14.2 Å². The summed E-state index contributed by atoms with van der Waals surface area (Å²) in [5.41, 5.74) is 3.34. The van der Waals surface area contributed by atoms with Crippen LogP contribution in [0.2, 0.25) is 0 Å². The summed E-state index contributed by atoms with van der Waals surface area (Å²) in [5, 5.41) is 0. The first-order valence-corrected chi connectivity index (χ1v) is 9.83. The van der Waals surface area contributed by atoms with E-state index in [1.165, 1.54) is 0 Å². The fraction of sp³-hybridized carbons (Fsp3) is 0.222. The smallest absolute Gasteiger partial charge is 0.178 e. The second-order valence-corrected chi connectivity index (χ2v) is 8.69. The van der Waals surface area contributed by atoms with Crippen molar-refractivity contribution in [2.24, 2.45) is 0 Å². The Morgan fingerprint density at radius 2 is 1.59 bits per heavy atom. The van der Waals surface area contributed by atoms with Gasteiger partial charge >= 0.3 is 0 Å². The van der Waals surface area contributed by atoms with Gasteiger partial charge in [-0.2, -0.15) is 0 Å². The highest BCUT2D eigenvalue weighted by atomic mass is 127.